The van der Waals surface area contributed by atoms with Crippen molar-refractivity contribution in [2.24, 2.45) is 5.73 Å². The molecule has 14 heavy (non-hydrogen) atoms. The third-order valence-corrected chi connectivity index (χ3v) is 2.32. The van der Waals surface area contributed by atoms with E-state index in [0.717, 1.165) is 5.69 Å². The predicted octanol–water partition coefficient (Wildman–Crippen LogP) is 1.64. The lowest BCUT2D eigenvalue weighted by atomic mass is 10.2. The zero-order valence-electron chi connectivity index (χ0n) is 7.61. The van der Waals surface area contributed by atoms with E-state index in [4.69, 9.17) is 5.73 Å². The quantitative estimate of drug-likeness (QED) is 0.661. The van der Waals surface area contributed by atoms with Crippen molar-refractivity contribution in [3.63, 3.8) is 0 Å². The Hall–Kier alpha value is -1.01. The molecular formula is C8H10BrN3O2. The van der Waals surface area contributed by atoms with Gasteiger partial charge in [0.1, 0.15) is 6.20 Å². The van der Waals surface area contributed by atoms with Gasteiger partial charge < -0.3 is 5.73 Å². The number of hydrogen-bond acceptors (Lipinski definition) is 4. The van der Waals surface area contributed by atoms with Gasteiger partial charge in [-0.3, -0.25) is 15.1 Å². The summed E-state index contributed by atoms with van der Waals surface area (Å²) in [6.45, 7) is 1.86. The molecule has 6 heteroatoms. The summed E-state index contributed by atoms with van der Waals surface area (Å²) in [5.41, 5.74) is 6.31. The van der Waals surface area contributed by atoms with E-state index < -0.39 is 4.92 Å². The second kappa shape index (κ2) is 4.47. The molecule has 5 nitrogen and oxygen atoms in total. The first-order chi connectivity index (χ1) is 6.50. The smallest absolute Gasteiger partial charge is 0.288 e. The molecule has 1 aromatic heterocycles. The van der Waals surface area contributed by atoms with Crippen LogP contribution in [-0.4, -0.2) is 15.9 Å². The van der Waals surface area contributed by atoms with E-state index >= 15 is 0 Å². The minimum absolute atomic E-state index is 0.0137. The molecule has 1 rings (SSSR count). The standard InChI is InChI=1S/C8H10BrN3O2/c1-5(10)2-8-7(9)3-6(4-11-8)12(13)14/h3-5H,2,10H2,1H3. The Labute approximate surface area is 89.6 Å². The molecule has 0 fully saturated rings. The zero-order valence-corrected chi connectivity index (χ0v) is 9.19. The first kappa shape index (κ1) is 11.1. The molecule has 0 aromatic carbocycles. The van der Waals surface area contributed by atoms with Gasteiger partial charge in [0.15, 0.2) is 0 Å². The minimum atomic E-state index is -0.479. The van der Waals surface area contributed by atoms with E-state index in [-0.39, 0.29) is 11.7 Å². The van der Waals surface area contributed by atoms with Crippen molar-refractivity contribution < 1.29 is 4.92 Å². The van der Waals surface area contributed by atoms with E-state index in [1.165, 1.54) is 12.3 Å². The average Bonchev–Trinajstić information content (AvgIpc) is 2.07. The van der Waals surface area contributed by atoms with Crippen LogP contribution >= 0.6 is 15.9 Å². The Balaban J connectivity index is 2.95. The topological polar surface area (TPSA) is 82.0 Å². The van der Waals surface area contributed by atoms with E-state index in [1.54, 1.807) is 0 Å². The average molecular weight is 260 g/mol. The van der Waals surface area contributed by atoms with Crippen molar-refractivity contribution in [1.29, 1.82) is 0 Å². The fourth-order valence-corrected chi connectivity index (χ4v) is 1.51. The van der Waals surface area contributed by atoms with Crippen LogP contribution in [-0.2, 0) is 6.42 Å². The summed E-state index contributed by atoms with van der Waals surface area (Å²) in [5.74, 6) is 0. The van der Waals surface area contributed by atoms with Gasteiger partial charge in [-0.15, -0.1) is 0 Å². The lowest BCUT2D eigenvalue weighted by Gasteiger charge is -2.05. The summed E-state index contributed by atoms with van der Waals surface area (Å²) < 4.78 is 0.629. The van der Waals surface area contributed by atoms with Gasteiger partial charge in [-0.2, -0.15) is 0 Å². The Morgan fingerprint density at radius 1 is 1.79 bits per heavy atom. The Morgan fingerprint density at radius 3 is 2.86 bits per heavy atom. The molecule has 0 saturated carbocycles. The summed E-state index contributed by atoms with van der Waals surface area (Å²) in [6.07, 6.45) is 1.83. The monoisotopic (exact) mass is 259 g/mol. The number of nitrogens with zero attached hydrogens (tertiary/aromatic N) is 2. The summed E-state index contributed by atoms with van der Waals surface area (Å²) in [7, 11) is 0. The highest BCUT2D eigenvalue weighted by Gasteiger charge is 2.11. The maximum Gasteiger partial charge on any atom is 0.288 e. The van der Waals surface area contributed by atoms with Crippen molar-refractivity contribution in [3.8, 4) is 0 Å². The van der Waals surface area contributed by atoms with Gasteiger partial charge in [0.05, 0.1) is 10.6 Å². The molecule has 76 valence electrons. The second-order valence-corrected chi connectivity index (χ2v) is 3.91. The maximum atomic E-state index is 10.4. The second-order valence-electron chi connectivity index (χ2n) is 3.06. The van der Waals surface area contributed by atoms with Crippen LogP contribution in [0.3, 0.4) is 0 Å². The number of nitro groups is 1. The number of nitrogens with two attached hydrogens (primary N) is 1. The number of pyridine rings is 1. The minimum Gasteiger partial charge on any atom is -0.328 e. The highest BCUT2D eigenvalue weighted by atomic mass is 79.9. The molecule has 0 bridgehead atoms. The number of rotatable bonds is 3. The molecule has 1 atom stereocenters. The fourth-order valence-electron chi connectivity index (χ4n) is 1.01. The van der Waals surface area contributed by atoms with E-state index in [2.05, 4.69) is 20.9 Å². The summed E-state index contributed by atoms with van der Waals surface area (Å²) in [6, 6.07) is 1.42. The van der Waals surface area contributed by atoms with Gasteiger partial charge >= 0.3 is 0 Å². The van der Waals surface area contributed by atoms with Gasteiger partial charge in [-0.05, 0) is 22.9 Å². The molecule has 1 aromatic rings. The molecule has 0 spiro atoms. The van der Waals surface area contributed by atoms with Crippen LogP contribution in [0.4, 0.5) is 5.69 Å². The highest BCUT2D eigenvalue weighted by Crippen LogP contribution is 2.21. The highest BCUT2D eigenvalue weighted by molar-refractivity contribution is 9.10. The Morgan fingerprint density at radius 2 is 2.43 bits per heavy atom. The summed E-state index contributed by atoms with van der Waals surface area (Å²) in [4.78, 5) is 13.9. The van der Waals surface area contributed by atoms with Crippen molar-refractivity contribution in [3.05, 3.63) is 32.5 Å². The van der Waals surface area contributed by atoms with Crippen LogP contribution in [0, 0.1) is 10.1 Å². The van der Waals surface area contributed by atoms with Crippen molar-refractivity contribution >= 4 is 21.6 Å². The molecule has 1 heterocycles. The molecule has 0 amide bonds. The van der Waals surface area contributed by atoms with Gasteiger partial charge in [-0.25, -0.2) is 0 Å². The molecular weight excluding hydrogens is 250 g/mol. The first-order valence-electron chi connectivity index (χ1n) is 4.05. The van der Waals surface area contributed by atoms with E-state index in [9.17, 15) is 10.1 Å². The van der Waals surface area contributed by atoms with Crippen LogP contribution in [0.25, 0.3) is 0 Å². The fraction of sp³-hybridized carbons (Fsp3) is 0.375. The summed E-state index contributed by atoms with van der Waals surface area (Å²) >= 11 is 3.22. The van der Waals surface area contributed by atoms with Gasteiger partial charge in [0.2, 0.25) is 0 Å². The number of halogens is 1. The molecule has 0 aliphatic heterocycles. The van der Waals surface area contributed by atoms with Crippen molar-refractivity contribution in [1.82, 2.24) is 4.98 Å². The Bertz CT molecular complexity index is 354. The third kappa shape index (κ3) is 2.74. The van der Waals surface area contributed by atoms with Gasteiger partial charge in [-0.1, -0.05) is 0 Å². The number of hydrogen-bond donors (Lipinski definition) is 1. The largest absolute Gasteiger partial charge is 0.328 e. The number of aromatic nitrogens is 1. The Kier molecular flexibility index (Phi) is 3.54. The molecule has 0 saturated heterocycles. The van der Waals surface area contributed by atoms with Crippen molar-refractivity contribution in [2.45, 2.75) is 19.4 Å². The van der Waals surface area contributed by atoms with Crippen LogP contribution in [0.1, 0.15) is 12.6 Å². The van der Waals surface area contributed by atoms with E-state index in [1.807, 2.05) is 6.92 Å². The van der Waals surface area contributed by atoms with Crippen molar-refractivity contribution in [2.75, 3.05) is 0 Å². The van der Waals surface area contributed by atoms with Crippen LogP contribution in [0.15, 0.2) is 16.7 Å². The first-order valence-corrected chi connectivity index (χ1v) is 4.84. The molecule has 0 aliphatic rings. The molecule has 0 radical (unpaired) electrons. The van der Waals surface area contributed by atoms with Crippen LogP contribution < -0.4 is 5.73 Å². The third-order valence-electron chi connectivity index (χ3n) is 1.63. The zero-order chi connectivity index (χ0) is 10.7. The summed E-state index contributed by atoms with van der Waals surface area (Å²) in [5, 5.41) is 10.4. The van der Waals surface area contributed by atoms with Crippen LogP contribution in [0.5, 0.6) is 0 Å². The SMILES string of the molecule is CC(N)Cc1ncc([N+](=O)[O-])cc1Br. The lowest BCUT2D eigenvalue weighted by molar-refractivity contribution is -0.385. The maximum absolute atomic E-state index is 10.4. The molecule has 1 unspecified atom stereocenters. The normalized spacial score (nSPS) is 12.5. The predicted molar refractivity (Wildman–Crippen MR) is 55.9 cm³/mol. The molecule has 0 aliphatic carbocycles. The van der Waals surface area contributed by atoms with Gasteiger partial charge in [0, 0.05) is 23.0 Å². The van der Waals surface area contributed by atoms with E-state index in [0.29, 0.717) is 10.9 Å². The molecule has 2 N–H and O–H groups in total. The van der Waals surface area contributed by atoms with Crippen LogP contribution in [0.2, 0.25) is 0 Å². The lowest BCUT2D eigenvalue weighted by Crippen LogP contribution is -2.18. The van der Waals surface area contributed by atoms with Gasteiger partial charge in [0.25, 0.3) is 5.69 Å².